The van der Waals surface area contributed by atoms with Crippen molar-refractivity contribution in [1.29, 1.82) is 0 Å². The molecule has 0 saturated carbocycles. The number of hydrogen-bond donors (Lipinski definition) is 2. The fraction of sp³-hybridized carbons (Fsp3) is 0.268. The van der Waals surface area contributed by atoms with Crippen molar-refractivity contribution >= 4 is 31.6 Å². The smallest absolute Gasteiger partial charge is 0.332 e. The van der Waals surface area contributed by atoms with Gasteiger partial charge in [-0.25, -0.2) is 4.98 Å². The van der Waals surface area contributed by atoms with Crippen molar-refractivity contribution in [1.82, 2.24) is 19.5 Å². The Balaban J connectivity index is 1.23. The van der Waals surface area contributed by atoms with Gasteiger partial charge in [-0.15, -0.1) is 0 Å². The molecule has 1 amide bonds. The second-order valence-electron chi connectivity index (χ2n) is 12.9. The Morgan fingerprint density at radius 1 is 0.857 bits per heavy atom. The van der Waals surface area contributed by atoms with Gasteiger partial charge in [-0.3, -0.25) is 24.5 Å². The summed E-state index contributed by atoms with van der Waals surface area (Å²) in [6, 6.07) is 34.7. The molecule has 0 bridgehead atoms. The number of aromatic nitrogens is 4. The van der Waals surface area contributed by atoms with E-state index in [9.17, 15) is 9.59 Å². The van der Waals surface area contributed by atoms with Crippen molar-refractivity contribution in [3.05, 3.63) is 148 Å². The van der Waals surface area contributed by atoms with Gasteiger partial charge in [0.1, 0.15) is 29.4 Å². The van der Waals surface area contributed by atoms with Gasteiger partial charge in [0.05, 0.1) is 39.7 Å². The van der Waals surface area contributed by atoms with Gasteiger partial charge in [-0.2, -0.15) is 4.98 Å². The minimum Gasteiger partial charge on any atom is -0.497 e. The van der Waals surface area contributed by atoms with E-state index >= 15 is 0 Å². The van der Waals surface area contributed by atoms with Gasteiger partial charge < -0.3 is 32.5 Å². The van der Waals surface area contributed by atoms with Crippen LogP contribution in [0.3, 0.4) is 0 Å². The van der Waals surface area contributed by atoms with E-state index in [1.54, 1.807) is 18.8 Å². The van der Waals surface area contributed by atoms with Crippen molar-refractivity contribution in [3.63, 3.8) is 0 Å². The fourth-order valence-electron chi connectivity index (χ4n) is 6.84. The Labute approximate surface area is 324 Å². The van der Waals surface area contributed by atoms with E-state index in [0.717, 1.165) is 22.3 Å². The molecule has 14 nitrogen and oxygen atoms in total. The third-order valence-electron chi connectivity index (χ3n) is 9.55. The molecule has 3 heterocycles. The number of ether oxygens (including phenoxy) is 4. The maximum Gasteiger partial charge on any atom is 0.332 e. The van der Waals surface area contributed by atoms with Gasteiger partial charge in [-0.1, -0.05) is 84.9 Å². The number of imidazole rings is 1. The van der Waals surface area contributed by atoms with Crippen LogP contribution in [0, 0.1) is 0 Å². The Morgan fingerprint density at radius 2 is 1.45 bits per heavy atom. The highest BCUT2D eigenvalue weighted by Crippen LogP contribution is 2.46. The number of carbonyl (C=O) groups is 1. The zero-order valence-electron chi connectivity index (χ0n) is 31.3. The standard InChI is InChI=1S/C41H42N5O9P/c1-49-31-19-15-29(16-20-31)41(28-13-9-6-10-14-28,30-17-21-32(50-2)22-18-30)53-25-34-33(55-56(51-3)52-4)24-36(54-34)46-26-42-37-38(46)44-40(45-39(37)48)43-35(47)23-27-11-7-5-8-12-27/h5-22,26,33-34,36H,23-25H2,1-4H3,(H2,43,44,45,47,48)/t33-,34+,36+/m0/s1. The molecule has 0 aliphatic carbocycles. The number of nitrogens with zero attached hydrogens (tertiary/aromatic N) is 3. The number of amides is 1. The Hall–Kier alpha value is -5.47. The molecule has 1 aliphatic rings. The number of benzene rings is 4. The first-order valence-corrected chi connectivity index (χ1v) is 18.9. The number of hydrogen-bond acceptors (Lipinski definition) is 11. The van der Waals surface area contributed by atoms with Crippen molar-refractivity contribution < 1.29 is 37.3 Å². The molecule has 15 heteroatoms. The van der Waals surface area contributed by atoms with Crippen LogP contribution in [-0.4, -0.2) is 72.7 Å². The predicted molar refractivity (Wildman–Crippen MR) is 210 cm³/mol. The third kappa shape index (κ3) is 8.21. The molecule has 2 N–H and O–H groups in total. The summed E-state index contributed by atoms with van der Waals surface area (Å²) in [4.78, 5) is 37.6. The second kappa shape index (κ2) is 17.5. The van der Waals surface area contributed by atoms with Crippen molar-refractivity contribution in [3.8, 4) is 11.5 Å². The molecule has 1 saturated heterocycles. The van der Waals surface area contributed by atoms with Crippen LogP contribution in [-0.2, 0) is 39.9 Å². The van der Waals surface area contributed by atoms with Gasteiger partial charge in [0.2, 0.25) is 11.9 Å². The average molecular weight is 780 g/mol. The monoisotopic (exact) mass is 779 g/mol. The Bertz CT molecular complexity index is 2220. The van der Waals surface area contributed by atoms with Gasteiger partial charge in [0.25, 0.3) is 5.56 Å². The number of methoxy groups -OCH3 is 2. The highest BCUT2D eigenvalue weighted by atomic mass is 31.2. The lowest BCUT2D eigenvalue weighted by Gasteiger charge is -2.37. The summed E-state index contributed by atoms with van der Waals surface area (Å²) < 4.78 is 43.9. The molecule has 56 heavy (non-hydrogen) atoms. The number of aromatic amines is 1. The minimum atomic E-state index is -1.73. The van der Waals surface area contributed by atoms with E-state index in [4.69, 9.17) is 32.5 Å². The molecule has 290 valence electrons. The summed E-state index contributed by atoms with van der Waals surface area (Å²) in [6.07, 6.45) is -0.0484. The third-order valence-corrected chi connectivity index (χ3v) is 10.6. The highest BCUT2D eigenvalue weighted by Gasteiger charge is 2.44. The summed E-state index contributed by atoms with van der Waals surface area (Å²) in [5.74, 6) is 1.06. The van der Waals surface area contributed by atoms with Gasteiger partial charge in [0, 0.05) is 20.6 Å². The molecule has 7 rings (SSSR count). The first-order valence-electron chi connectivity index (χ1n) is 17.8. The molecule has 2 aromatic heterocycles. The molecule has 1 fully saturated rings. The average Bonchev–Trinajstić information content (AvgIpc) is 3.85. The number of fused-ring (bicyclic) bond motifs is 1. The number of H-pyrrole nitrogens is 1. The quantitative estimate of drug-likeness (QED) is 0.0815. The highest BCUT2D eigenvalue weighted by molar-refractivity contribution is 7.41. The van der Waals surface area contributed by atoms with E-state index in [1.807, 2.05) is 109 Å². The Kier molecular flexibility index (Phi) is 12.2. The molecular formula is C41H42N5O9P. The van der Waals surface area contributed by atoms with Gasteiger partial charge in [0.15, 0.2) is 11.2 Å². The van der Waals surface area contributed by atoms with E-state index in [2.05, 4.69) is 20.3 Å². The van der Waals surface area contributed by atoms with E-state index in [1.165, 1.54) is 20.5 Å². The van der Waals surface area contributed by atoms with Crippen LogP contribution in [0.15, 0.2) is 120 Å². The molecule has 0 radical (unpaired) electrons. The van der Waals surface area contributed by atoms with Crippen LogP contribution >= 0.6 is 8.60 Å². The SMILES string of the molecule is COc1ccc(C(OC[C@H]2O[C@@H](n3cnc4c(=O)[nH]c(NC(=O)Cc5ccccc5)nc43)C[C@@H]2OP(OC)OC)(c2ccccc2)c2ccc(OC)cc2)cc1. The van der Waals surface area contributed by atoms with Crippen molar-refractivity contribution in [2.75, 3.05) is 40.4 Å². The van der Waals surface area contributed by atoms with Crippen molar-refractivity contribution in [2.24, 2.45) is 0 Å². The molecule has 4 aromatic carbocycles. The zero-order valence-corrected chi connectivity index (χ0v) is 32.2. The largest absolute Gasteiger partial charge is 0.497 e. The second-order valence-corrected chi connectivity index (χ2v) is 14.3. The lowest BCUT2D eigenvalue weighted by molar-refractivity contribution is -0.115. The van der Waals surface area contributed by atoms with Crippen LogP contribution in [0.25, 0.3) is 11.2 Å². The maximum absolute atomic E-state index is 13.2. The van der Waals surface area contributed by atoms with Crippen LogP contribution in [0.1, 0.15) is 34.9 Å². The maximum atomic E-state index is 13.2. The molecule has 6 aromatic rings. The first kappa shape index (κ1) is 38.8. The van der Waals surface area contributed by atoms with E-state index in [0.29, 0.717) is 17.9 Å². The summed E-state index contributed by atoms with van der Waals surface area (Å²) >= 11 is 0. The Morgan fingerprint density at radius 3 is 2.04 bits per heavy atom. The van der Waals surface area contributed by atoms with Gasteiger partial charge >= 0.3 is 8.60 Å². The summed E-state index contributed by atoms with van der Waals surface area (Å²) in [6.45, 7) is 0.0478. The van der Waals surface area contributed by atoms with E-state index < -0.39 is 38.2 Å². The molecule has 0 unspecified atom stereocenters. The van der Waals surface area contributed by atoms with Crippen LogP contribution < -0.4 is 20.3 Å². The summed E-state index contributed by atoms with van der Waals surface area (Å²) in [5.41, 5.74) is 2.08. The predicted octanol–water partition coefficient (Wildman–Crippen LogP) is 6.52. The van der Waals surface area contributed by atoms with E-state index in [-0.39, 0.29) is 36.0 Å². The lowest BCUT2D eigenvalue weighted by Crippen LogP contribution is -2.38. The van der Waals surface area contributed by atoms with Crippen LogP contribution in [0.2, 0.25) is 0 Å². The summed E-state index contributed by atoms with van der Waals surface area (Å²) in [7, 11) is 4.53. The fourth-order valence-corrected chi connectivity index (χ4v) is 7.60. The van der Waals surface area contributed by atoms with Crippen LogP contribution in [0.4, 0.5) is 5.95 Å². The first-order chi connectivity index (χ1) is 27.3. The number of carbonyl (C=O) groups excluding carboxylic acids is 1. The topological polar surface area (TPSA) is 157 Å². The molecule has 3 atom stereocenters. The normalized spacial score (nSPS) is 17.0. The molecular weight excluding hydrogens is 737 g/mol. The van der Waals surface area contributed by atoms with Crippen LogP contribution in [0.5, 0.6) is 11.5 Å². The minimum absolute atomic E-state index is 0.00947. The number of rotatable bonds is 16. The number of anilines is 1. The molecule has 0 spiro atoms. The van der Waals surface area contributed by atoms with Gasteiger partial charge in [-0.05, 0) is 46.5 Å². The van der Waals surface area contributed by atoms with Crippen molar-refractivity contribution in [2.45, 2.75) is 36.9 Å². The summed E-state index contributed by atoms with van der Waals surface area (Å²) in [5, 5.41) is 2.71. The number of nitrogens with one attached hydrogen (secondary N) is 2. The zero-order chi connectivity index (χ0) is 39.1. The molecule has 1 aliphatic heterocycles. The lowest BCUT2D eigenvalue weighted by atomic mass is 9.80.